The quantitative estimate of drug-likeness (QED) is 0.523. The Morgan fingerprint density at radius 3 is 2.46 bits per heavy atom. The van der Waals surface area contributed by atoms with Gasteiger partial charge in [0.1, 0.15) is 12.1 Å². The van der Waals surface area contributed by atoms with Crippen molar-refractivity contribution in [3.05, 3.63) is 41.4 Å². The highest BCUT2D eigenvalue weighted by molar-refractivity contribution is 7.89. The van der Waals surface area contributed by atoms with Crippen molar-refractivity contribution in [1.29, 1.82) is 0 Å². The highest BCUT2D eigenvalue weighted by Crippen LogP contribution is 2.24. The minimum Gasteiger partial charge on any atom is -0.355 e. The number of nitrogens with one attached hydrogen (secondary N) is 2. The summed E-state index contributed by atoms with van der Waals surface area (Å²) in [7, 11) is -3.96. The van der Waals surface area contributed by atoms with E-state index in [0.717, 1.165) is 5.39 Å². The van der Waals surface area contributed by atoms with Crippen LogP contribution in [0.1, 0.15) is 34.1 Å². The first-order valence-electron chi connectivity index (χ1n) is 11.5. The number of hydrogen-bond acceptors (Lipinski definition) is 5. The highest BCUT2D eigenvalue weighted by atomic mass is 35.5. The second-order valence-electron chi connectivity index (χ2n) is 8.93. The van der Waals surface area contributed by atoms with Crippen molar-refractivity contribution in [2.45, 2.75) is 57.1 Å². The molecular formula is C24H31ClN4O5S. The van der Waals surface area contributed by atoms with Gasteiger partial charge in [-0.05, 0) is 62.2 Å². The number of amides is 3. The molecule has 1 heterocycles. The average Bonchev–Trinajstić information content (AvgIpc) is 3.14. The SMILES string of the molecule is CC(=O)NCCN(C(=O)C(C)N1CCC(NS(=O)(=O)c2ccc3cc(Cl)ccc3c2)C1=O)C(C)C. The van der Waals surface area contributed by atoms with Crippen molar-refractivity contribution in [3.63, 3.8) is 0 Å². The minimum absolute atomic E-state index is 0.0478. The van der Waals surface area contributed by atoms with Crippen LogP contribution < -0.4 is 10.0 Å². The summed E-state index contributed by atoms with van der Waals surface area (Å²) in [5.41, 5.74) is 0. The van der Waals surface area contributed by atoms with Gasteiger partial charge < -0.3 is 15.1 Å². The highest BCUT2D eigenvalue weighted by Gasteiger charge is 2.40. The summed E-state index contributed by atoms with van der Waals surface area (Å²) in [6.45, 7) is 7.64. The lowest BCUT2D eigenvalue weighted by Crippen LogP contribution is -2.53. The molecule has 1 saturated heterocycles. The monoisotopic (exact) mass is 522 g/mol. The Morgan fingerprint density at radius 1 is 1.14 bits per heavy atom. The molecular weight excluding hydrogens is 492 g/mol. The van der Waals surface area contributed by atoms with E-state index in [0.29, 0.717) is 23.5 Å². The van der Waals surface area contributed by atoms with E-state index in [2.05, 4.69) is 10.0 Å². The zero-order valence-corrected chi connectivity index (χ0v) is 21.8. The summed E-state index contributed by atoms with van der Waals surface area (Å²) < 4.78 is 28.5. The predicted octanol–water partition coefficient (Wildman–Crippen LogP) is 2.13. The normalized spacial score (nSPS) is 17.1. The number of hydrogen-bond donors (Lipinski definition) is 2. The predicted molar refractivity (Wildman–Crippen MR) is 134 cm³/mol. The molecule has 1 aliphatic heterocycles. The van der Waals surface area contributed by atoms with E-state index in [9.17, 15) is 22.8 Å². The fraction of sp³-hybridized carbons (Fsp3) is 0.458. The molecule has 3 amide bonds. The van der Waals surface area contributed by atoms with E-state index >= 15 is 0 Å². The maximum Gasteiger partial charge on any atom is 0.245 e. The number of nitrogens with zero attached hydrogens (tertiary/aromatic N) is 2. The van der Waals surface area contributed by atoms with Crippen molar-refractivity contribution in [3.8, 4) is 0 Å². The van der Waals surface area contributed by atoms with Gasteiger partial charge in [0.15, 0.2) is 0 Å². The van der Waals surface area contributed by atoms with Gasteiger partial charge in [0.2, 0.25) is 27.7 Å². The molecule has 190 valence electrons. The van der Waals surface area contributed by atoms with Crippen LogP contribution in [0, 0.1) is 0 Å². The van der Waals surface area contributed by atoms with Gasteiger partial charge in [0, 0.05) is 37.6 Å². The minimum atomic E-state index is -3.96. The summed E-state index contributed by atoms with van der Waals surface area (Å²) in [5.74, 6) is -0.878. The van der Waals surface area contributed by atoms with Gasteiger partial charge in [-0.2, -0.15) is 4.72 Å². The molecule has 2 N–H and O–H groups in total. The maximum absolute atomic E-state index is 13.1. The first-order chi connectivity index (χ1) is 16.4. The number of carbonyl (C=O) groups is 3. The standard InChI is InChI=1S/C24H31ClN4O5S/c1-15(2)28(12-10-26-17(4)30)23(31)16(3)29-11-9-22(24(29)32)27-35(33,34)21-8-6-18-13-20(25)7-5-19(18)14-21/h5-8,13-16,22,27H,9-12H2,1-4H3,(H,26,30). The van der Waals surface area contributed by atoms with Crippen LogP contribution in [0.5, 0.6) is 0 Å². The molecule has 3 rings (SSSR count). The molecule has 0 aromatic heterocycles. The first-order valence-corrected chi connectivity index (χ1v) is 13.3. The molecule has 2 aromatic carbocycles. The number of sulfonamides is 1. The molecule has 0 radical (unpaired) electrons. The van der Waals surface area contributed by atoms with Gasteiger partial charge in [-0.25, -0.2) is 8.42 Å². The Morgan fingerprint density at radius 2 is 1.80 bits per heavy atom. The molecule has 0 spiro atoms. The molecule has 1 aliphatic rings. The lowest BCUT2D eigenvalue weighted by molar-refractivity contribution is -0.144. The smallest absolute Gasteiger partial charge is 0.245 e. The van der Waals surface area contributed by atoms with E-state index in [1.165, 1.54) is 24.0 Å². The molecule has 11 heteroatoms. The van der Waals surface area contributed by atoms with Crippen LogP contribution in [0.4, 0.5) is 0 Å². The molecule has 0 aliphatic carbocycles. The lowest BCUT2D eigenvalue weighted by atomic mass is 10.1. The fourth-order valence-electron chi connectivity index (χ4n) is 4.16. The molecule has 2 unspecified atom stereocenters. The van der Waals surface area contributed by atoms with E-state index in [1.807, 2.05) is 13.8 Å². The topological polar surface area (TPSA) is 116 Å². The van der Waals surface area contributed by atoms with Gasteiger partial charge in [-0.3, -0.25) is 14.4 Å². The number of fused-ring (bicyclic) bond motifs is 1. The Balaban J connectivity index is 1.69. The Kier molecular flexibility index (Phi) is 8.40. The summed E-state index contributed by atoms with van der Waals surface area (Å²) in [5, 5.41) is 4.74. The van der Waals surface area contributed by atoms with E-state index < -0.39 is 28.0 Å². The van der Waals surface area contributed by atoms with Crippen molar-refractivity contribution in [2.75, 3.05) is 19.6 Å². The van der Waals surface area contributed by atoms with Crippen LogP contribution >= 0.6 is 11.6 Å². The number of halogens is 1. The van der Waals surface area contributed by atoms with Crippen LogP contribution in [0.25, 0.3) is 10.8 Å². The largest absolute Gasteiger partial charge is 0.355 e. The molecule has 9 nitrogen and oxygen atoms in total. The van der Waals surface area contributed by atoms with Crippen LogP contribution in [-0.2, 0) is 24.4 Å². The first kappa shape index (κ1) is 26.9. The van der Waals surface area contributed by atoms with Gasteiger partial charge in [-0.1, -0.05) is 23.7 Å². The second kappa shape index (κ2) is 10.9. The molecule has 1 fully saturated rings. The van der Waals surface area contributed by atoms with Crippen LogP contribution in [-0.4, -0.2) is 73.7 Å². The zero-order valence-electron chi connectivity index (χ0n) is 20.2. The molecule has 0 bridgehead atoms. The van der Waals surface area contributed by atoms with Gasteiger partial charge >= 0.3 is 0 Å². The van der Waals surface area contributed by atoms with Gasteiger partial charge in [0.25, 0.3) is 0 Å². The number of rotatable bonds is 9. The fourth-order valence-corrected chi connectivity index (χ4v) is 5.60. The Bertz CT molecular complexity index is 1230. The third-order valence-corrected chi connectivity index (χ3v) is 7.78. The maximum atomic E-state index is 13.1. The van der Waals surface area contributed by atoms with Gasteiger partial charge in [0.05, 0.1) is 4.90 Å². The Hall–Kier alpha value is -2.69. The molecule has 0 saturated carbocycles. The van der Waals surface area contributed by atoms with E-state index in [-0.39, 0.29) is 35.7 Å². The molecule has 2 atom stereocenters. The average molecular weight is 523 g/mol. The number of carbonyl (C=O) groups excluding carboxylic acids is 3. The van der Waals surface area contributed by atoms with Crippen LogP contribution in [0.3, 0.4) is 0 Å². The summed E-state index contributed by atoms with van der Waals surface area (Å²) in [6, 6.07) is 7.99. The van der Waals surface area contributed by atoms with Crippen molar-refractivity contribution in [1.82, 2.24) is 19.8 Å². The van der Waals surface area contributed by atoms with E-state index in [1.54, 1.807) is 36.1 Å². The van der Waals surface area contributed by atoms with Crippen molar-refractivity contribution < 1.29 is 22.8 Å². The summed E-state index contributed by atoms with van der Waals surface area (Å²) in [4.78, 5) is 40.4. The Labute approximate surface area is 210 Å². The van der Waals surface area contributed by atoms with Gasteiger partial charge in [-0.15, -0.1) is 0 Å². The van der Waals surface area contributed by atoms with Crippen molar-refractivity contribution >= 4 is 50.1 Å². The van der Waals surface area contributed by atoms with Crippen LogP contribution in [0.2, 0.25) is 5.02 Å². The summed E-state index contributed by atoms with van der Waals surface area (Å²) >= 11 is 6.00. The molecule has 2 aromatic rings. The summed E-state index contributed by atoms with van der Waals surface area (Å²) in [6.07, 6.45) is 0.256. The zero-order chi connectivity index (χ0) is 25.9. The number of benzene rings is 2. The lowest BCUT2D eigenvalue weighted by Gasteiger charge is -2.33. The number of likely N-dealkylation sites (tertiary alicyclic amines) is 1. The van der Waals surface area contributed by atoms with Crippen LogP contribution in [0.15, 0.2) is 41.3 Å². The van der Waals surface area contributed by atoms with E-state index in [4.69, 9.17) is 11.6 Å². The third kappa shape index (κ3) is 6.31. The third-order valence-electron chi connectivity index (χ3n) is 6.08. The van der Waals surface area contributed by atoms with Crippen molar-refractivity contribution in [2.24, 2.45) is 0 Å². The second-order valence-corrected chi connectivity index (χ2v) is 11.1. The molecule has 35 heavy (non-hydrogen) atoms.